The molecule has 1 saturated heterocycles. The number of nitrogens with one attached hydrogen (secondary N) is 1. The van der Waals surface area contributed by atoms with Crippen molar-refractivity contribution in [2.45, 2.75) is 30.9 Å². The highest BCUT2D eigenvalue weighted by atomic mass is 32.2. The third-order valence-corrected chi connectivity index (χ3v) is 5.80. The summed E-state index contributed by atoms with van der Waals surface area (Å²) in [6.07, 6.45) is 0.878. The molecule has 2 N–H and O–H groups in total. The maximum absolute atomic E-state index is 12.3. The first-order valence-electron chi connectivity index (χ1n) is 5.83. The van der Waals surface area contributed by atoms with E-state index in [0.29, 0.717) is 11.1 Å². The van der Waals surface area contributed by atoms with Gasteiger partial charge in [-0.05, 0) is 36.3 Å². The van der Waals surface area contributed by atoms with Gasteiger partial charge in [0.25, 0.3) is 0 Å². The van der Waals surface area contributed by atoms with Gasteiger partial charge in [0.1, 0.15) is 0 Å². The normalized spacial score (nSPS) is 20.2. The van der Waals surface area contributed by atoms with Gasteiger partial charge in [0.15, 0.2) is 0 Å². The maximum atomic E-state index is 12.3. The Morgan fingerprint density at radius 3 is 2.89 bits per heavy atom. The average Bonchev–Trinajstić information content (AvgIpc) is 2.81. The van der Waals surface area contributed by atoms with E-state index < -0.39 is 10.0 Å². The lowest BCUT2D eigenvalue weighted by Gasteiger charge is -2.14. The largest absolute Gasteiger partial charge is 0.392 e. The summed E-state index contributed by atoms with van der Waals surface area (Å²) < 4.78 is 27.3. The molecule has 0 saturated carbocycles. The maximum Gasteiger partial charge on any atom is 0.241 e. The van der Waals surface area contributed by atoms with Crippen molar-refractivity contribution < 1.29 is 13.5 Å². The molecule has 0 aromatic heterocycles. The molecule has 1 atom stereocenters. The van der Waals surface area contributed by atoms with E-state index >= 15 is 0 Å². The van der Waals surface area contributed by atoms with Crippen LogP contribution in [0, 0.1) is 6.92 Å². The van der Waals surface area contributed by atoms with E-state index in [2.05, 4.69) is 4.72 Å². The molecule has 0 spiro atoms. The van der Waals surface area contributed by atoms with Crippen molar-refractivity contribution in [2.24, 2.45) is 0 Å². The number of hydrogen-bond donors (Lipinski definition) is 2. The van der Waals surface area contributed by atoms with E-state index in [1.54, 1.807) is 36.9 Å². The molecule has 1 unspecified atom stereocenters. The van der Waals surface area contributed by atoms with Gasteiger partial charge < -0.3 is 5.11 Å². The van der Waals surface area contributed by atoms with Gasteiger partial charge in [-0.25, -0.2) is 13.1 Å². The third kappa shape index (κ3) is 3.06. The quantitative estimate of drug-likeness (QED) is 0.875. The summed E-state index contributed by atoms with van der Waals surface area (Å²) in [5.41, 5.74) is 1.31. The second-order valence-electron chi connectivity index (χ2n) is 4.44. The highest BCUT2D eigenvalue weighted by Crippen LogP contribution is 2.22. The molecule has 18 heavy (non-hydrogen) atoms. The van der Waals surface area contributed by atoms with Gasteiger partial charge in [0.05, 0.1) is 11.5 Å². The number of benzene rings is 1. The summed E-state index contributed by atoms with van der Waals surface area (Å²) in [6.45, 7) is 1.61. The summed E-state index contributed by atoms with van der Waals surface area (Å²) >= 11 is 1.76. The Morgan fingerprint density at radius 1 is 1.50 bits per heavy atom. The van der Waals surface area contributed by atoms with Crippen LogP contribution in [0.1, 0.15) is 17.5 Å². The summed E-state index contributed by atoms with van der Waals surface area (Å²) in [7, 11) is -3.48. The summed E-state index contributed by atoms with van der Waals surface area (Å²) in [4.78, 5) is 0.269. The van der Waals surface area contributed by atoms with Gasteiger partial charge in [-0.15, -0.1) is 0 Å². The molecule has 1 aromatic rings. The first-order chi connectivity index (χ1) is 8.53. The van der Waals surface area contributed by atoms with Crippen molar-refractivity contribution in [1.82, 2.24) is 4.72 Å². The minimum Gasteiger partial charge on any atom is -0.392 e. The first-order valence-corrected chi connectivity index (χ1v) is 8.47. The molecule has 0 amide bonds. The van der Waals surface area contributed by atoms with Gasteiger partial charge >= 0.3 is 0 Å². The molecule has 6 heteroatoms. The second kappa shape index (κ2) is 5.61. The van der Waals surface area contributed by atoms with Crippen LogP contribution in [-0.4, -0.2) is 31.1 Å². The lowest BCUT2D eigenvalue weighted by Crippen LogP contribution is -2.35. The van der Waals surface area contributed by atoms with Crippen molar-refractivity contribution in [1.29, 1.82) is 0 Å². The minimum atomic E-state index is -3.48. The van der Waals surface area contributed by atoms with Crippen molar-refractivity contribution in [3.63, 3.8) is 0 Å². The Labute approximate surface area is 112 Å². The van der Waals surface area contributed by atoms with Crippen LogP contribution >= 0.6 is 11.8 Å². The summed E-state index contributed by atoms with van der Waals surface area (Å²) in [5.74, 6) is 1.83. The number of sulfonamides is 1. The molecule has 4 nitrogen and oxygen atoms in total. The van der Waals surface area contributed by atoms with Crippen LogP contribution in [0.5, 0.6) is 0 Å². The summed E-state index contributed by atoms with van der Waals surface area (Å²) in [5, 5.41) is 9.08. The second-order valence-corrected chi connectivity index (χ2v) is 7.27. The Kier molecular flexibility index (Phi) is 4.32. The topological polar surface area (TPSA) is 66.4 Å². The lowest BCUT2D eigenvalue weighted by atomic mass is 10.2. The van der Waals surface area contributed by atoms with Crippen LogP contribution in [0.2, 0.25) is 0 Å². The lowest BCUT2D eigenvalue weighted by molar-refractivity contribution is 0.281. The molecule has 1 fully saturated rings. The fourth-order valence-corrected chi connectivity index (χ4v) is 4.77. The van der Waals surface area contributed by atoms with Crippen molar-refractivity contribution in [3.8, 4) is 0 Å². The fourth-order valence-electron chi connectivity index (χ4n) is 1.94. The molecular formula is C12H17NO3S2. The number of hydrogen-bond acceptors (Lipinski definition) is 4. The molecule has 1 aliphatic heterocycles. The molecule has 2 rings (SSSR count). The average molecular weight is 287 g/mol. The highest BCUT2D eigenvalue weighted by molar-refractivity contribution is 7.99. The van der Waals surface area contributed by atoms with Crippen LogP contribution in [0.4, 0.5) is 0 Å². The van der Waals surface area contributed by atoms with Crippen LogP contribution in [0.15, 0.2) is 23.1 Å². The molecule has 0 radical (unpaired) electrons. The first kappa shape index (κ1) is 13.9. The third-order valence-electron chi connectivity index (χ3n) is 2.98. The Hall–Kier alpha value is -0.560. The molecule has 0 bridgehead atoms. The smallest absolute Gasteiger partial charge is 0.241 e. The molecule has 0 aliphatic carbocycles. The zero-order chi connectivity index (χ0) is 13.2. The van der Waals surface area contributed by atoms with Gasteiger partial charge in [0.2, 0.25) is 10.0 Å². The Balaban J connectivity index is 2.27. The van der Waals surface area contributed by atoms with E-state index in [1.165, 1.54) is 0 Å². The van der Waals surface area contributed by atoms with Crippen LogP contribution in [-0.2, 0) is 16.6 Å². The van der Waals surface area contributed by atoms with Gasteiger partial charge in [-0.3, -0.25) is 0 Å². The molecule has 1 aliphatic rings. The van der Waals surface area contributed by atoms with Crippen molar-refractivity contribution >= 4 is 21.8 Å². The Morgan fingerprint density at radius 2 is 2.28 bits per heavy atom. The van der Waals surface area contributed by atoms with Gasteiger partial charge in [-0.1, -0.05) is 12.1 Å². The standard InChI is InChI=1S/C12H17NO3S2/c1-9-2-3-10(7-14)6-12(9)18(15,16)13-11-4-5-17-8-11/h2-3,6,11,13-14H,4-5,7-8H2,1H3. The van der Waals surface area contributed by atoms with E-state index in [0.717, 1.165) is 17.9 Å². The van der Waals surface area contributed by atoms with Gasteiger partial charge in [0, 0.05) is 11.8 Å². The van der Waals surface area contributed by atoms with Gasteiger partial charge in [-0.2, -0.15) is 11.8 Å². The molecule has 100 valence electrons. The molecule has 1 aromatic carbocycles. The van der Waals surface area contributed by atoms with E-state index in [9.17, 15) is 8.42 Å². The number of rotatable bonds is 4. The van der Waals surface area contributed by atoms with Crippen LogP contribution in [0.25, 0.3) is 0 Å². The number of aliphatic hydroxyl groups excluding tert-OH is 1. The van der Waals surface area contributed by atoms with Crippen LogP contribution < -0.4 is 4.72 Å². The van der Waals surface area contributed by atoms with E-state index in [1.807, 2.05) is 0 Å². The monoisotopic (exact) mass is 287 g/mol. The predicted octanol–water partition coefficient (Wildman–Crippen LogP) is 1.27. The fraction of sp³-hybridized carbons (Fsp3) is 0.500. The predicted molar refractivity (Wildman–Crippen MR) is 73.2 cm³/mol. The van der Waals surface area contributed by atoms with Crippen LogP contribution in [0.3, 0.4) is 0 Å². The number of aliphatic hydroxyl groups is 1. The van der Waals surface area contributed by atoms with Crippen molar-refractivity contribution in [3.05, 3.63) is 29.3 Å². The molecular weight excluding hydrogens is 270 g/mol. The minimum absolute atomic E-state index is 0.0252. The Bertz CT molecular complexity index is 522. The SMILES string of the molecule is Cc1ccc(CO)cc1S(=O)(=O)NC1CCSC1. The van der Waals surface area contributed by atoms with Crippen molar-refractivity contribution in [2.75, 3.05) is 11.5 Å². The zero-order valence-electron chi connectivity index (χ0n) is 10.2. The number of thioether (sulfide) groups is 1. The van der Waals surface area contributed by atoms with E-state index in [4.69, 9.17) is 5.11 Å². The molecule has 1 heterocycles. The zero-order valence-corrected chi connectivity index (χ0v) is 11.9. The number of aryl methyl sites for hydroxylation is 1. The van der Waals surface area contributed by atoms with E-state index in [-0.39, 0.29) is 17.5 Å². The summed E-state index contributed by atoms with van der Waals surface area (Å²) in [6, 6.07) is 5.03. The highest BCUT2D eigenvalue weighted by Gasteiger charge is 2.24.